The van der Waals surface area contributed by atoms with E-state index in [1.165, 1.54) is 0 Å². The van der Waals surface area contributed by atoms with Gasteiger partial charge in [-0.1, -0.05) is 30.3 Å². The van der Waals surface area contributed by atoms with Crippen LogP contribution in [0.1, 0.15) is 23.2 Å². The molecule has 1 aliphatic heterocycles. The Morgan fingerprint density at radius 2 is 1.66 bits per heavy atom. The zero-order valence-corrected chi connectivity index (χ0v) is 16.2. The SMILES string of the molecule is O=C(NCC1CCN(c2ncccn2)CC1)c1ccccc1Oc1ccccc1. The van der Waals surface area contributed by atoms with Gasteiger partial charge in [0.25, 0.3) is 5.91 Å². The number of aromatic nitrogens is 2. The second-order valence-corrected chi connectivity index (χ2v) is 7.10. The maximum Gasteiger partial charge on any atom is 0.255 e. The number of para-hydroxylation sites is 2. The van der Waals surface area contributed by atoms with Crippen molar-refractivity contribution in [1.29, 1.82) is 0 Å². The highest BCUT2D eigenvalue weighted by Crippen LogP contribution is 2.25. The van der Waals surface area contributed by atoms with Crippen LogP contribution < -0.4 is 15.0 Å². The Morgan fingerprint density at radius 1 is 0.966 bits per heavy atom. The maximum absolute atomic E-state index is 12.8. The van der Waals surface area contributed by atoms with Gasteiger partial charge in [-0.2, -0.15) is 0 Å². The third kappa shape index (κ3) is 4.90. The summed E-state index contributed by atoms with van der Waals surface area (Å²) in [6.45, 7) is 2.46. The minimum absolute atomic E-state index is 0.106. The average molecular weight is 388 g/mol. The second-order valence-electron chi connectivity index (χ2n) is 7.10. The van der Waals surface area contributed by atoms with Crippen molar-refractivity contribution in [3.63, 3.8) is 0 Å². The molecule has 1 aliphatic rings. The molecule has 1 saturated heterocycles. The predicted molar refractivity (Wildman–Crippen MR) is 112 cm³/mol. The number of piperidine rings is 1. The molecule has 0 aliphatic carbocycles. The van der Waals surface area contributed by atoms with E-state index in [-0.39, 0.29) is 5.91 Å². The summed E-state index contributed by atoms with van der Waals surface area (Å²) < 4.78 is 5.90. The number of carbonyl (C=O) groups excluding carboxylic acids is 1. The topological polar surface area (TPSA) is 67.4 Å². The van der Waals surface area contributed by atoms with Gasteiger partial charge in [-0.05, 0) is 49.1 Å². The fourth-order valence-electron chi connectivity index (χ4n) is 3.48. The highest BCUT2D eigenvalue weighted by atomic mass is 16.5. The summed E-state index contributed by atoms with van der Waals surface area (Å²) in [5, 5.41) is 3.08. The number of hydrogen-bond donors (Lipinski definition) is 1. The highest BCUT2D eigenvalue weighted by molar-refractivity contribution is 5.97. The minimum atomic E-state index is -0.106. The Balaban J connectivity index is 1.32. The minimum Gasteiger partial charge on any atom is -0.457 e. The second kappa shape index (κ2) is 9.19. The molecule has 1 aromatic heterocycles. The number of amides is 1. The monoisotopic (exact) mass is 388 g/mol. The van der Waals surface area contributed by atoms with E-state index in [0.29, 0.717) is 29.5 Å². The van der Waals surface area contributed by atoms with Crippen molar-refractivity contribution >= 4 is 11.9 Å². The van der Waals surface area contributed by atoms with E-state index in [0.717, 1.165) is 31.9 Å². The molecule has 6 heteroatoms. The fourth-order valence-corrected chi connectivity index (χ4v) is 3.48. The van der Waals surface area contributed by atoms with Crippen molar-refractivity contribution in [3.8, 4) is 11.5 Å². The van der Waals surface area contributed by atoms with Crippen LogP contribution in [0.15, 0.2) is 73.1 Å². The summed E-state index contributed by atoms with van der Waals surface area (Å²) >= 11 is 0. The quantitative estimate of drug-likeness (QED) is 0.693. The van der Waals surface area contributed by atoms with Gasteiger partial charge in [-0.15, -0.1) is 0 Å². The summed E-state index contributed by atoms with van der Waals surface area (Å²) in [5.41, 5.74) is 0.548. The van der Waals surface area contributed by atoms with Crippen molar-refractivity contribution in [2.75, 3.05) is 24.5 Å². The molecule has 2 heterocycles. The Bertz CT molecular complexity index is 926. The van der Waals surface area contributed by atoms with Crippen LogP contribution in [0.5, 0.6) is 11.5 Å². The normalized spacial score (nSPS) is 14.4. The lowest BCUT2D eigenvalue weighted by atomic mass is 9.97. The molecule has 0 radical (unpaired) electrons. The molecule has 1 N–H and O–H groups in total. The van der Waals surface area contributed by atoms with Crippen molar-refractivity contribution < 1.29 is 9.53 Å². The fraction of sp³-hybridized carbons (Fsp3) is 0.261. The molecule has 0 atom stereocenters. The zero-order chi connectivity index (χ0) is 19.9. The molecule has 1 amide bonds. The first-order valence-corrected chi connectivity index (χ1v) is 9.92. The summed E-state index contributed by atoms with van der Waals surface area (Å²) in [6, 6.07) is 18.7. The van der Waals surface area contributed by atoms with Crippen LogP contribution in [0.4, 0.5) is 5.95 Å². The first-order valence-electron chi connectivity index (χ1n) is 9.92. The molecule has 3 aromatic rings. The number of benzene rings is 2. The van der Waals surface area contributed by atoms with Crippen molar-refractivity contribution in [2.45, 2.75) is 12.8 Å². The smallest absolute Gasteiger partial charge is 0.255 e. The van der Waals surface area contributed by atoms with E-state index in [4.69, 9.17) is 4.74 Å². The van der Waals surface area contributed by atoms with Crippen LogP contribution >= 0.6 is 0 Å². The Morgan fingerprint density at radius 3 is 2.41 bits per heavy atom. The van der Waals surface area contributed by atoms with Gasteiger partial charge in [0, 0.05) is 32.0 Å². The molecule has 0 bridgehead atoms. The molecule has 29 heavy (non-hydrogen) atoms. The van der Waals surface area contributed by atoms with Crippen molar-refractivity contribution in [3.05, 3.63) is 78.6 Å². The van der Waals surface area contributed by atoms with Crippen molar-refractivity contribution in [2.24, 2.45) is 5.92 Å². The lowest BCUT2D eigenvalue weighted by molar-refractivity contribution is 0.0942. The van der Waals surface area contributed by atoms with E-state index < -0.39 is 0 Å². The van der Waals surface area contributed by atoms with Crippen LogP contribution in [0.25, 0.3) is 0 Å². The van der Waals surface area contributed by atoms with E-state index in [2.05, 4.69) is 20.2 Å². The summed E-state index contributed by atoms with van der Waals surface area (Å²) in [4.78, 5) is 23.6. The number of carbonyl (C=O) groups is 1. The van der Waals surface area contributed by atoms with Gasteiger partial charge in [-0.25, -0.2) is 9.97 Å². The van der Waals surface area contributed by atoms with Crippen LogP contribution in [-0.4, -0.2) is 35.5 Å². The van der Waals surface area contributed by atoms with Gasteiger partial charge in [0.15, 0.2) is 0 Å². The van der Waals surface area contributed by atoms with Gasteiger partial charge < -0.3 is 15.0 Å². The number of anilines is 1. The molecular weight excluding hydrogens is 364 g/mol. The molecule has 6 nitrogen and oxygen atoms in total. The van der Waals surface area contributed by atoms with Crippen molar-refractivity contribution in [1.82, 2.24) is 15.3 Å². The van der Waals surface area contributed by atoms with Gasteiger partial charge in [0.2, 0.25) is 5.95 Å². The highest BCUT2D eigenvalue weighted by Gasteiger charge is 2.22. The molecular formula is C23H24N4O2. The zero-order valence-electron chi connectivity index (χ0n) is 16.2. The van der Waals surface area contributed by atoms with Crippen LogP contribution in [0, 0.1) is 5.92 Å². The summed E-state index contributed by atoms with van der Waals surface area (Å²) in [5.74, 6) is 2.39. The first-order chi connectivity index (χ1) is 14.3. The molecule has 1 fully saturated rings. The molecule has 0 saturated carbocycles. The number of hydrogen-bond acceptors (Lipinski definition) is 5. The van der Waals surface area contributed by atoms with Crippen LogP contribution in [-0.2, 0) is 0 Å². The number of nitrogens with one attached hydrogen (secondary N) is 1. The molecule has 0 spiro atoms. The summed E-state index contributed by atoms with van der Waals surface area (Å²) in [6.07, 6.45) is 5.54. The third-order valence-electron chi connectivity index (χ3n) is 5.10. The summed E-state index contributed by atoms with van der Waals surface area (Å²) in [7, 11) is 0. The number of ether oxygens (including phenoxy) is 1. The Kier molecular flexibility index (Phi) is 6.00. The Labute approximate surface area is 170 Å². The predicted octanol–water partition coefficient (Wildman–Crippen LogP) is 3.92. The van der Waals surface area contributed by atoms with E-state index >= 15 is 0 Å². The largest absolute Gasteiger partial charge is 0.457 e. The third-order valence-corrected chi connectivity index (χ3v) is 5.10. The van der Waals surface area contributed by atoms with Gasteiger partial charge in [0.1, 0.15) is 11.5 Å². The molecule has 4 rings (SSSR count). The molecule has 2 aromatic carbocycles. The van der Waals surface area contributed by atoms with Crippen LogP contribution in [0.2, 0.25) is 0 Å². The van der Waals surface area contributed by atoms with E-state index in [1.807, 2.05) is 54.6 Å². The van der Waals surface area contributed by atoms with Gasteiger partial charge >= 0.3 is 0 Å². The molecule has 148 valence electrons. The van der Waals surface area contributed by atoms with Gasteiger partial charge in [0.05, 0.1) is 5.56 Å². The van der Waals surface area contributed by atoms with Gasteiger partial charge in [-0.3, -0.25) is 4.79 Å². The Hall–Kier alpha value is -3.41. The van der Waals surface area contributed by atoms with Crippen LogP contribution in [0.3, 0.4) is 0 Å². The number of rotatable bonds is 6. The number of nitrogens with zero attached hydrogens (tertiary/aromatic N) is 3. The molecule has 0 unspecified atom stereocenters. The lowest BCUT2D eigenvalue weighted by Crippen LogP contribution is -2.39. The first kappa shape index (κ1) is 18.9. The lowest BCUT2D eigenvalue weighted by Gasteiger charge is -2.32. The van der Waals surface area contributed by atoms with E-state index in [9.17, 15) is 4.79 Å². The standard InChI is InChI=1S/C23H24N4O2/c28-22(20-9-4-5-10-21(20)29-19-7-2-1-3-8-19)26-17-18-11-15-27(16-12-18)23-24-13-6-14-25-23/h1-10,13-14,18H,11-12,15-17H2,(H,26,28). The van der Waals surface area contributed by atoms with E-state index in [1.54, 1.807) is 18.5 Å². The average Bonchev–Trinajstić information content (AvgIpc) is 2.79. The maximum atomic E-state index is 12.8.